The lowest BCUT2D eigenvalue weighted by Gasteiger charge is -2.11. The minimum atomic E-state index is -1.44. The fraction of sp³-hybridized carbons (Fsp3) is 0.154. The molecule has 0 aliphatic carbocycles. The van der Waals surface area contributed by atoms with Crippen LogP contribution in [0.25, 0.3) is 5.69 Å². The predicted octanol–water partition coefficient (Wildman–Crippen LogP) is 0.241. The fourth-order valence-electron chi connectivity index (χ4n) is 1.82. The average Bonchev–Trinajstić information content (AvgIpc) is 2.46. The number of hydrogen-bond donors (Lipinski definition) is 2. The minimum absolute atomic E-state index is 0.0891. The number of rotatable bonds is 4. The van der Waals surface area contributed by atoms with Crippen molar-refractivity contribution in [1.29, 1.82) is 0 Å². The first-order valence-corrected chi connectivity index (χ1v) is 5.80. The van der Waals surface area contributed by atoms with Gasteiger partial charge in [0.15, 0.2) is 0 Å². The number of aromatic carboxylic acids is 1. The van der Waals surface area contributed by atoms with Crippen LogP contribution in [0.15, 0.2) is 34.0 Å². The molecular formula is C13H12N2O6. The van der Waals surface area contributed by atoms with Crippen LogP contribution in [0.5, 0.6) is 11.5 Å². The summed E-state index contributed by atoms with van der Waals surface area (Å²) in [7, 11) is 2.79. The van der Waals surface area contributed by atoms with E-state index in [1.54, 1.807) is 6.07 Å². The van der Waals surface area contributed by atoms with Crippen LogP contribution in [-0.4, -0.2) is 34.8 Å². The van der Waals surface area contributed by atoms with Crippen molar-refractivity contribution >= 4 is 5.97 Å². The highest BCUT2D eigenvalue weighted by Gasteiger charge is 2.17. The molecule has 0 amide bonds. The van der Waals surface area contributed by atoms with Gasteiger partial charge in [-0.25, -0.2) is 14.2 Å². The van der Waals surface area contributed by atoms with E-state index < -0.39 is 22.8 Å². The summed E-state index contributed by atoms with van der Waals surface area (Å²) < 4.78 is 10.8. The van der Waals surface area contributed by atoms with Crippen LogP contribution in [-0.2, 0) is 0 Å². The molecule has 0 aliphatic heterocycles. The van der Waals surface area contributed by atoms with E-state index in [0.29, 0.717) is 10.3 Å². The zero-order valence-electron chi connectivity index (χ0n) is 11.2. The quantitative estimate of drug-likeness (QED) is 0.835. The van der Waals surface area contributed by atoms with Gasteiger partial charge >= 0.3 is 11.7 Å². The fourth-order valence-corrected chi connectivity index (χ4v) is 1.82. The summed E-state index contributed by atoms with van der Waals surface area (Å²) in [4.78, 5) is 37.3. The van der Waals surface area contributed by atoms with Gasteiger partial charge in [-0.3, -0.25) is 4.79 Å². The van der Waals surface area contributed by atoms with Gasteiger partial charge in [-0.1, -0.05) is 0 Å². The number of aromatic nitrogens is 2. The second-order valence-corrected chi connectivity index (χ2v) is 3.99. The number of benzene rings is 1. The number of ether oxygens (including phenoxy) is 2. The molecule has 0 unspecified atom stereocenters. The van der Waals surface area contributed by atoms with Crippen LogP contribution >= 0.6 is 0 Å². The molecule has 2 N–H and O–H groups in total. The Morgan fingerprint density at radius 1 is 1.24 bits per heavy atom. The van der Waals surface area contributed by atoms with E-state index in [1.165, 1.54) is 26.4 Å². The lowest BCUT2D eigenvalue weighted by molar-refractivity contribution is 0.0694. The highest BCUT2D eigenvalue weighted by atomic mass is 16.5. The van der Waals surface area contributed by atoms with E-state index in [4.69, 9.17) is 14.6 Å². The molecule has 1 aromatic heterocycles. The van der Waals surface area contributed by atoms with Crippen molar-refractivity contribution < 1.29 is 19.4 Å². The summed E-state index contributed by atoms with van der Waals surface area (Å²) in [5.74, 6) is -0.823. The normalized spacial score (nSPS) is 10.2. The van der Waals surface area contributed by atoms with Gasteiger partial charge in [0.05, 0.1) is 19.9 Å². The van der Waals surface area contributed by atoms with Gasteiger partial charge < -0.3 is 19.6 Å². The molecule has 8 nitrogen and oxygen atoms in total. The molecular weight excluding hydrogens is 280 g/mol. The number of aromatic amines is 1. The Morgan fingerprint density at radius 2 is 1.95 bits per heavy atom. The molecule has 0 bridgehead atoms. The predicted molar refractivity (Wildman–Crippen MR) is 72.7 cm³/mol. The molecule has 1 heterocycles. The summed E-state index contributed by atoms with van der Waals surface area (Å²) in [6.45, 7) is 0. The number of carboxylic acids is 1. The molecule has 1 aromatic carbocycles. The molecule has 0 fully saturated rings. The summed E-state index contributed by atoms with van der Waals surface area (Å²) in [5.41, 5.74) is -2.21. The van der Waals surface area contributed by atoms with Gasteiger partial charge in [0.1, 0.15) is 17.1 Å². The number of hydrogen-bond acceptors (Lipinski definition) is 5. The zero-order valence-corrected chi connectivity index (χ0v) is 11.2. The zero-order chi connectivity index (χ0) is 15.6. The number of carboxylic acid groups (broad SMARTS) is 1. The lowest BCUT2D eigenvalue weighted by Crippen LogP contribution is -2.37. The number of nitrogens with zero attached hydrogens (tertiary/aromatic N) is 1. The van der Waals surface area contributed by atoms with E-state index in [9.17, 15) is 14.4 Å². The Labute approximate surface area is 118 Å². The molecule has 0 saturated heterocycles. The largest absolute Gasteiger partial charge is 0.497 e. The smallest absolute Gasteiger partial charge is 0.342 e. The molecule has 110 valence electrons. The van der Waals surface area contributed by atoms with Crippen molar-refractivity contribution in [2.75, 3.05) is 14.2 Å². The van der Waals surface area contributed by atoms with Crippen molar-refractivity contribution in [2.24, 2.45) is 0 Å². The molecule has 21 heavy (non-hydrogen) atoms. The third kappa shape index (κ3) is 2.50. The molecule has 0 atom stereocenters. The van der Waals surface area contributed by atoms with Crippen molar-refractivity contribution in [3.8, 4) is 17.2 Å². The van der Waals surface area contributed by atoms with Crippen molar-refractivity contribution in [3.05, 3.63) is 50.8 Å². The highest BCUT2D eigenvalue weighted by molar-refractivity contribution is 5.86. The van der Waals surface area contributed by atoms with E-state index in [1.807, 2.05) is 0 Å². The van der Waals surface area contributed by atoms with Gasteiger partial charge in [-0.2, -0.15) is 0 Å². The molecule has 2 rings (SSSR count). The van der Waals surface area contributed by atoms with Crippen molar-refractivity contribution in [2.45, 2.75) is 0 Å². The molecule has 0 radical (unpaired) electrons. The van der Waals surface area contributed by atoms with Crippen LogP contribution < -0.4 is 20.7 Å². The van der Waals surface area contributed by atoms with Crippen LogP contribution in [0.3, 0.4) is 0 Å². The average molecular weight is 292 g/mol. The van der Waals surface area contributed by atoms with Crippen molar-refractivity contribution in [1.82, 2.24) is 9.55 Å². The Bertz CT molecular complexity index is 805. The molecule has 0 aliphatic rings. The van der Waals surface area contributed by atoms with Gasteiger partial charge in [-0.15, -0.1) is 0 Å². The van der Waals surface area contributed by atoms with Crippen molar-refractivity contribution in [3.63, 3.8) is 0 Å². The SMILES string of the molecule is COc1ccc(OC)c(-n2c(=O)[nH]cc(C(=O)O)c2=O)c1. The summed E-state index contributed by atoms with van der Waals surface area (Å²) in [5, 5.41) is 8.96. The standard InChI is InChI=1S/C13H12N2O6/c1-20-7-3-4-10(21-2)9(5-7)15-11(16)8(12(17)18)6-14-13(15)19/h3-6H,1-2H3,(H,14,19)(H,17,18). The van der Waals surface area contributed by atoms with E-state index in [-0.39, 0.29) is 11.4 Å². The Morgan fingerprint density at radius 3 is 2.52 bits per heavy atom. The van der Waals surface area contributed by atoms with Gasteiger partial charge in [0.25, 0.3) is 5.56 Å². The first kappa shape index (κ1) is 14.4. The van der Waals surface area contributed by atoms with Crippen LogP contribution in [0.4, 0.5) is 0 Å². The number of H-pyrrole nitrogens is 1. The van der Waals surface area contributed by atoms with Crippen LogP contribution in [0.1, 0.15) is 10.4 Å². The second-order valence-electron chi connectivity index (χ2n) is 3.99. The minimum Gasteiger partial charge on any atom is -0.497 e. The maximum atomic E-state index is 12.2. The molecule has 8 heteroatoms. The molecule has 0 spiro atoms. The number of methoxy groups -OCH3 is 2. The maximum absolute atomic E-state index is 12.2. The number of carbonyl (C=O) groups is 1. The summed E-state index contributed by atoms with van der Waals surface area (Å²) in [6.07, 6.45) is 0.857. The highest BCUT2D eigenvalue weighted by Crippen LogP contribution is 2.25. The first-order chi connectivity index (χ1) is 9.99. The van der Waals surface area contributed by atoms with Gasteiger partial charge in [0, 0.05) is 12.3 Å². The third-order valence-electron chi connectivity index (χ3n) is 2.83. The molecule has 0 saturated carbocycles. The Hall–Kier alpha value is -3.03. The lowest BCUT2D eigenvalue weighted by atomic mass is 10.2. The Kier molecular flexibility index (Phi) is 3.79. The topological polar surface area (TPSA) is 111 Å². The van der Waals surface area contributed by atoms with E-state index in [0.717, 1.165) is 6.20 Å². The third-order valence-corrected chi connectivity index (χ3v) is 2.83. The first-order valence-electron chi connectivity index (χ1n) is 5.80. The van der Waals surface area contributed by atoms with E-state index >= 15 is 0 Å². The number of nitrogens with one attached hydrogen (secondary N) is 1. The van der Waals surface area contributed by atoms with Crippen LogP contribution in [0, 0.1) is 0 Å². The van der Waals surface area contributed by atoms with E-state index in [2.05, 4.69) is 4.98 Å². The summed E-state index contributed by atoms with van der Waals surface area (Å²) in [6, 6.07) is 4.50. The second kappa shape index (κ2) is 5.53. The maximum Gasteiger partial charge on any atom is 0.342 e. The van der Waals surface area contributed by atoms with Gasteiger partial charge in [-0.05, 0) is 12.1 Å². The van der Waals surface area contributed by atoms with Crippen LogP contribution in [0.2, 0.25) is 0 Å². The monoisotopic (exact) mass is 292 g/mol. The summed E-state index contributed by atoms with van der Waals surface area (Å²) >= 11 is 0. The van der Waals surface area contributed by atoms with Gasteiger partial charge in [0.2, 0.25) is 0 Å². The molecule has 2 aromatic rings. The Balaban J connectivity index is 2.84.